The monoisotopic (exact) mass is 541 g/mol. The molecule has 6 rings (SSSR count). The average Bonchev–Trinajstić information content (AvgIpc) is 3.37. The van der Waals surface area contributed by atoms with E-state index >= 15 is 0 Å². The highest BCUT2D eigenvalue weighted by atomic mass is 35.5. The van der Waals surface area contributed by atoms with E-state index in [1.165, 1.54) is 0 Å². The Hall–Kier alpha value is -2.58. The highest BCUT2D eigenvalue weighted by molar-refractivity contribution is 6.34. The molecule has 38 heavy (non-hydrogen) atoms. The van der Waals surface area contributed by atoms with E-state index in [1.807, 2.05) is 47.6 Å². The van der Waals surface area contributed by atoms with E-state index in [-0.39, 0.29) is 24.0 Å². The van der Waals surface area contributed by atoms with Crippen molar-refractivity contribution in [3.63, 3.8) is 0 Å². The molecule has 0 bridgehead atoms. The molecule has 202 valence electrons. The molecule has 1 amide bonds. The fraction of sp³-hybridized carbons (Fsp3) is 0.552. The average molecular weight is 542 g/mol. The number of hydrogen-bond acceptors (Lipinski definition) is 4. The van der Waals surface area contributed by atoms with E-state index in [4.69, 9.17) is 16.6 Å². The Labute approximate surface area is 227 Å². The molecule has 1 atom stereocenters. The van der Waals surface area contributed by atoms with Gasteiger partial charge in [0, 0.05) is 41.8 Å². The maximum Gasteiger partial charge on any atom is 0.242 e. The Kier molecular flexibility index (Phi) is 6.26. The number of anilines is 1. The molecule has 0 N–H and O–H groups in total. The van der Waals surface area contributed by atoms with Crippen LogP contribution in [0.2, 0.25) is 5.15 Å². The quantitative estimate of drug-likeness (QED) is 0.348. The van der Waals surface area contributed by atoms with Crippen molar-refractivity contribution in [2.45, 2.75) is 83.3 Å². The van der Waals surface area contributed by atoms with Crippen LogP contribution in [0.3, 0.4) is 0 Å². The lowest BCUT2D eigenvalue weighted by Gasteiger charge is -2.49. The molecular formula is C29H34ClF2N5O. The Morgan fingerprint density at radius 2 is 1.89 bits per heavy atom. The van der Waals surface area contributed by atoms with Crippen molar-refractivity contribution in [2.75, 3.05) is 18.0 Å². The summed E-state index contributed by atoms with van der Waals surface area (Å²) in [6.45, 7) is 9.42. The SMILES string of the molecule is CC(C)n1cnc2cc(-c3ccc4c(c3)N(C3CC(N5CCC[C@H](C(F)F)C5)C3)C(=O)C4(C)C)nc(Cl)c21. The lowest BCUT2D eigenvalue weighted by atomic mass is 9.82. The number of piperidine rings is 1. The van der Waals surface area contributed by atoms with Gasteiger partial charge >= 0.3 is 0 Å². The molecule has 2 fully saturated rings. The van der Waals surface area contributed by atoms with Crippen molar-refractivity contribution in [2.24, 2.45) is 5.92 Å². The molecule has 9 heteroatoms. The molecule has 1 aliphatic carbocycles. The van der Waals surface area contributed by atoms with Crippen molar-refractivity contribution in [3.8, 4) is 11.3 Å². The zero-order chi connectivity index (χ0) is 26.9. The summed E-state index contributed by atoms with van der Waals surface area (Å²) in [4.78, 5) is 27.1. The van der Waals surface area contributed by atoms with Crippen LogP contribution in [-0.4, -0.2) is 56.9 Å². The number of pyridine rings is 1. The third-order valence-electron chi connectivity index (χ3n) is 8.86. The van der Waals surface area contributed by atoms with E-state index in [2.05, 4.69) is 23.7 Å². The number of aromatic nitrogens is 3. The summed E-state index contributed by atoms with van der Waals surface area (Å²) in [6.07, 6.45) is 2.56. The number of carbonyl (C=O) groups is 1. The number of imidazole rings is 1. The van der Waals surface area contributed by atoms with Crippen LogP contribution in [0.5, 0.6) is 0 Å². The predicted molar refractivity (Wildman–Crippen MR) is 146 cm³/mol. The molecule has 1 saturated carbocycles. The number of benzene rings is 1. The second-order valence-electron chi connectivity index (χ2n) is 12.0. The molecule has 3 aromatic rings. The molecule has 4 heterocycles. The van der Waals surface area contributed by atoms with Crippen LogP contribution in [-0.2, 0) is 10.2 Å². The Morgan fingerprint density at radius 1 is 1.13 bits per heavy atom. The van der Waals surface area contributed by atoms with Gasteiger partial charge in [0.25, 0.3) is 0 Å². The summed E-state index contributed by atoms with van der Waals surface area (Å²) in [5.41, 5.74) is 4.49. The van der Waals surface area contributed by atoms with Gasteiger partial charge in [0.2, 0.25) is 12.3 Å². The maximum atomic E-state index is 13.6. The maximum absolute atomic E-state index is 13.6. The number of hydrogen-bond donors (Lipinski definition) is 0. The summed E-state index contributed by atoms with van der Waals surface area (Å²) in [7, 11) is 0. The molecule has 0 radical (unpaired) electrons. The molecular weight excluding hydrogens is 508 g/mol. The van der Waals surface area contributed by atoms with Crippen LogP contribution in [0.4, 0.5) is 14.5 Å². The Bertz CT molecular complexity index is 1400. The summed E-state index contributed by atoms with van der Waals surface area (Å²) in [5, 5.41) is 0.405. The van der Waals surface area contributed by atoms with Crippen LogP contribution < -0.4 is 4.90 Å². The molecule has 2 aliphatic heterocycles. The van der Waals surface area contributed by atoms with Crippen LogP contribution in [0, 0.1) is 5.92 Å². The van der Waals surface area contributed by atoms with E-state index < -0.39 is 17.8 Å². The van der Waals surface area contributed by atoms with Crippen molar-refractivity contribution in [1.29, 1.82) is 0 Å². The van der Waals surface area contributed by atoms with Gasteiger partial charge in [-0.05, 0) is 77.6 Å². The lowest BCUT2D eigenvalue weighted by molar-refractivity contribution is -0.123. The minimum Gasteiger partial charge on any atom is -0.326 e. The zero-order valence-electron chi connectivity index (χ0n) is 22.3. The van der Waals surface area contributed by atoms with Crippen LogP contribution in [0.1, 0.15) is 65.0 Å². The number of amides is 1. The van der Waals surface area contributed by atoms with E-state index in [1.54, 1.807) is 6.33 Å². The smallest absolute Gasteiger partial charge is 0.242 e. The first-order valence-corrected chi connectivity index (χ1v) is 14.0. The molecule has 2 aromatic heterocycles. The van der Waals surface area contributed by atoms with E-state index in [0.717, 1.165) is 53.7 Å². The van der Waals surface area contributed by atoms with Gasteiger partial charge in [-0.15, -0.1) is 0 Å². The van der Waals surface area contributed by atoms with E-state index in [9.17, 15) is 13.6 Å². The van der Waals surface area contributed by atoms with Gasteiger partial charge in [-0.3, -0.25) is 9.69 Å². The van der Waals surface area contributed by atoms with Gasteiger partial charge in [-0.1, -0.05) is 23.7 Å². The molecule has 1 saturated heterocycles. The number of nitrogens with zero attached hydrogens (tertiary/aromatic N) is 5. The van der Waals surface area contributed by atoms with Crippen LogP contribution in [0.25, 0.3) is 22.3 Å². The molecule has 0 spiro atoms. The molecule has 3 aliphatic rings. The van der Waals surface area contributed by atoms with Gasteiger partial charge in [0.1, 0.15) is 5.52 Å². The fourth-order valence-electron chi connectivity index (χ4n) is 6.51. The number of alkyl halides is 2. The van der Waals surface area contributed by atoms with Crippen molar-refractivity contribution in [3.05, 3.63) is 41.3 Å². The second kappa shape index (κ2) is 9.26. The number of rotatable bonds is 5. The first kappa shape index (κ1) is 25.7. The molecule has 1 aromatic carbocycles. The second-order valence-corrected chi connectivity index (χ2v) is 12.3. The van der Waals surface area contributed by atoms with Crippen molar-refractivity contribution < 1.29 is 13.6 Å². The first-order valence-electron chi connectivity index (χ1n) is 13.6. The van der Waals surface area contributed by atoms with Crippen LogP contribution >= 0.6 is 11.6 Å². The minimum absolute atomic E-state index is 0.0657. The minimum atomic E-state index is -2.26. The highest BCUT2D eigenvalue weighted by Crippen LogP contribution is 2.48. The number of carbonyl (C=O) groups excluding carboxylic acids is 1. The largest absolute Gasteiger partial charge is 0.326 e. The standard InChI is InChI=1S/C29H34ClF2N5O/c1-16(2)36-15-33-23-13-22(34-26(30)25(23)36)17-7-8-21-24(10-17)37(28(38)29(21,3)4)20-11-19(12-20)35-9-5-6-18(14-35)27(31)32/h7-8,10,13,15-16,18-20,27H,5-6,9,11-12,14H2,1-4H3/t18-,19?,20?/m0/s1. The van der Waals surface area contributed by atoms with Gasteiger partial charge in [-0.2, -0.15) is 0 Å². The Balaban J connectivity index is 1.29. The highest BCUT2D eigenvalue weighted by Gasteiger charge is 2.50. The summed E-state index contributed by atoms with van der Waals surface area (Å²) >= 11 is 6.63. The predicted octanol–water partition coefficient (Wildman–Crippen LogP) is 6.46. The van der Waals surface area contributed by atoms with Crippen molar-refractivity contribution in [1.82, 2.24) is 19.4 Å². The summed E-state index contributed by atoms with van der Waals surface area (Å²) in [5.74, 6) is -0.448. The third kappa shape index (κ3) is 4.02. The van der Waals surface area contributed by atoms with Gasteiger partial charge in [0.15, 0.2) is 5.15 Å². The summed E-state index contributed by atoms with van der Waals surface area (Å²) in [6, 6.07) is 8.56. The van der Waals surface area contributed by atoms with Gasteiger partial charge < -0.3 is 9.47 Å². The van der Waals surface area contributed by atoms with Gasteiger partial charge in [-0.25, -0.2) is 18.7 Å². The molecule has 0 unspecified atom stereocenters. The summed E-state index contributed by atoms with van der Waals surface area (Å²) < 4.78 is 28.7. The van der Waals surface area contributed by atoms with E-state index in [0.29, 0.717) is 23.8 Å². The third-order valence-corrected chi connectivity index (χ3v) is 9.12. The Morgan fingerprint density at radius 3 is 2.61 bits per heavy atom. The lowest BCUT2D eigenvalue weighted by Crippen LogP contribution is -2.58. The number of halogens is 3. The number of likely N-dealkylation sites (tertiary alicyclic amines) is 1. The molecule has 6 nitrogen and oxygen atoms in total. The topological polar surface area (TPSA) is 54.3 Å². The normalized spacial score (nSPS) is 25.4. The van der Waals surface area contributed by atoms with Crippen molar-refractivity contribution >= 4 is 34.2 Å². The van der Waals surface area contributed by atoms with Crippen LogP contribution in [0.15, 0.2) is 30.6 Å². The fourth-order valence-corrected chi connectivity index (χ4v) is 6.79. The first-order chi connectivity index (χ1) is 18.1. The number of fused-ring (bicyclic) bond motifs is 2. The zero-order valence-corrected chi connectivity index (χ0v) is 23.1. The van der Waals surface area contributed by atoms with Gasteiger partial charge in [0.05, 0.1) is 23.0 Å².